The van der Waals surface area contributed by atoms with Crippen LogP contribution < -0.4 is 5.73 Å². The summed E-state index contributed by atoms with van der Waals surface area (Å²) in [5.74, 6) is 0.944. The molecular weight excluding hydrogens is 184 g/mol. The Kier molecular flexibility index (Phi) is 2.32. The second-order valence-corrected chi connectivity index (χ2v) is 5.17. The highest BCUT2D eigenvalue weighted by Crippen LogP contribution is 2.32. The molecule has 82 valence electrons. The predicted octanol–water partition coefficient (Wildman–Crippen LogP) is 2.62. The first-order valence-corrected chi connectivity index (χ1v) is 6.28. The molecule has 0 aliphatic heterocycles. The van der Waals surface area contributed by atoms with Gasteiger partial charge in [-0.15, -0.1) is 0 Å². The van der Waals surface area contributed by atoms with Crippen LogP contribution in [0.1, 0.15) is 49.4 Å². The molecule has 2 N–H and O–H groups in total. The normalized spacial score (nSPS) is 26.1. The molecule has 2 aliphatic carbocycles. The van der Waals surface area contributed by atoms with Gasteiger partial charge < -0.3 is 10.3 Å². The molecule has 3 rings (SSSR count). The Labute approximate surface area is 91.5 Å². The Bertz CT molecular complexity index is 349. The summed E-state index contributed by atoms with van der Waals surface area (Å²) in [6.45, 7) is 1.24. The van der Waals surface area contributed by atoms with Gasteiger partial charge in [0.2, 0.25) is 0 Å². The number of rotatable bonds is 2. The first-order chi connectivity index (χ1) is 7.34. The molecule has 1 saturated carbocycles. The summed E-state index contributed by atoms with van der Waals surface area (Å²) >= 11 is 0. The third-order valence-electron chi connectivity index (χ3n) is 4.12. The van der Waals surface area contributed by atoms with Crippen LogP contribution in [0, 0.1) is 5.92 Å². The minimum Gasteiger partial charge on any atom is -0.351 e. The zero-order valence-electron chi connectivity index (χ0n) is 9.28. The smallest absolute Gasteiger partial charge is 0.0312 e. The lowest BCUT2D eigenvalue weighted by Gasteiger charge is -2.28. The molecule has 1 aromatic heterocycles. The molecule has 0 spiro atoms. The lowest BCUT2D eigenvalue weighted by atomic mass is 9.85. The Hall–Kier alpha value is -0.760. The SMILES string of the molecule is NC1CCCc2c1ccn2CC1CCC1. The zero-order chi connectivity index (χ0) is 10.3. The van der Waals surface area contributed by atoms with E-state index in [9.17, 15) is 0 Å². The Morgan fingerprint density at radius 2 is 2.13 bits per heavy atom. The van der Waals surface area contributed by atoms with E-state index in [0.717, 1.165) is 5.92 Å². The van der Waals surface area contributed by atoms with Gasteiger partial charge in [-0.3, -0.25) is 0 Å². The van der Waals surface area contributed by atoms with Crippen molar-refractivity contribution in [2.24, 2.45) is 11.7 Å². The van der Waals surface area contributed by atoms with Crippen LogP contribution in [0.25, 0.3) is 0 Å². The molecule has 2 nitrogen and oxygen atoms in total. The maximum Gasteiger partial charge on any atom is 0.0312 e. The van der Waals surface area contributed by atoms with Gasteiger partial charge in [0.25, 0.3) is 0 Å². The molecule has 0 aromatic carbocycles. The maximum atomic E-state index is 6.12. The van der Waals surface area contributed by atoms with Crippen molar-refractivity contribution < 1.29 is 0 Å². The molecule has 1 fully saturated rings. The topological polar surface area (TPSA) is 30.9 Å². The van der Waals surface area contributed by atoms with Crippen LogP contribution in [-0.4, -0.2) is 4.57 Å². The van der Waals surface area contributed by atoms with Crippen LogP contribution in [0.15, 0.2) is 12.3 Å². The molecule has 0 radical (unpaired) electrons. The molecule has 2 heteroatoms. The Balaban J connectivity index is 1.82. The van der Waals surface area contributed by atoms with Gasteiger partial charge in [-0.25, -0.2) is 0 Å². The third kappa shape index (κ3) is 1.61. The quantitative estimate of drug-likeness (QED) is 0.788. The van der Waals surface area contributed by atoms with Crippen molar-refractivity contribution in [3.05, 3.63) is 23.5 Å². The molecule has 15 heavy (non-hydrogen) atoms. The van der Waals surface area contributed by atoms with E-state index < -0.39 is 0 Å². The zero-order valence-corrected chi connectivity index (χ0v) is 9.28. The van der Waals surface area contributed by atoms with Gasteiger partial charge in [0, 0.05) is 24.5 Å². The number of fused-ring (bicyclic) bond motifs is 1. The van der Waals surface area contributed by atoms with E-state index in [1.165, 1.54) is 56.3 Å². The van der Waals surface area contributed by atoms with Gasteiger partial charge in [-0.05, 0) is 49.7 Å². The van der Waals surface area contributed by atoms with E-state index in [1.54, 1.807) is 0 Å². The Morgan fingerprint density at radius 1 is 1.27 bits per heavy atom. The van der Waals surface area contributed by atoms with Gasteiger partial charge in [-0.1, -0.05) is 6.42 Å². The van der Waals surface area contributed by atoms with Crippen LogP contribution >= 0.6 is 0 Å². The molecule has 1 aromatic rings. The summed E-state index contributed by atoms with van der Waals surface area (Å²) < 4.78 is 2.47. The molecule has 1 heterocycles. The van der Waals surface area contributed by atoms with Crippen molar-refractivity contribution in [3.8, 4) is 0 Å². The van der Waals surface area contributed by atoms with Crippen LogP contribution in [0.3, 0.4) is 0 Å². The van der Waals surface area contributed by atoms with Gasteiger partial charge in [0.1, 0.15) is 0 Å². The van der Waals surface area contributed by atoms with Crippen molar-refractivity contribution in [3.63, 3.8) is 0 Å². The fourth-order valence-electron chi connectivity index (χ4n) is 2.92. The number of nitrogens with two attached hydrogens (primary N) is 1. The minimum absolute atomic E-state index is 0.302. The minimum atomic E-state index is 0.302. The molecule has 0 amide bonds. The third-order valence-corrected chi connectivity index (χ3v) is 4.12. The molecule has 1 unspecified atom stereocenters. The standard InChI is InChI=1S/C13H20N2/c14-12-5-2-6-13-11(12)7-8-15(13)9-10-3-1-4-10/h7-8,10,12H,1-6,9,14H2. The van der Waals surface area contributed by atoms with Crippen molar-refractivity contribution in [2.75, 3.05) is 0 Å². The Morgan fingerprint density at radius 3 is 2.87 bits per heavy atom. The number of hydrogen-bond acceptors (Lipinski definition) is 1. The summed E-state index contributed by atoms with van der Waals surface area (Å²) in [5, 5.41) is 0. The van der Waals surface area contributed by atoms with E-state index in [-0.39, 0.29) is 0 Å². The number of aromatic nitrogens is 1. The fourth-order valence-corrected chi connectivity index (χ4v) is 2.92. The van der Waals surface area contributed by atoms with Crippen molar-refractivity contribution in [1.29, 1.82) is 0 Å². The summed E-state index contributed by atoms with van der Waals surface area (Å²) in [7, 11) is 0. The first-order valence-electron chi connectivity index (χ1n) is 6.28. The summed E-state index contributed by atoms with van der Waals surface area (Å²) in [4.78, 5) is 0. The molecule has 1 atom stereocenters. The lowest BCUT2D eigenvalue weighted by Crippen LogP contribution is -2.22. The monoisotopic (exact) mass is 204 g/mol. The fraction of sp³-hybridized carbons (Fsp3) is 0.692. The van der Waals surface area contributed by atoms with Gasteiger partial charge in [-0.2, -0.15) is 0 Å². The maximum absolute atomic E-state index is 6.12. The summed E-state index contributed by atoms with van der Waals surface area (Å²) in [6.07, 6.45) is 10.2. The average Bonchev–Trinajstić information content (AvgIpc) is 2.56. The van der Waals surface area contributed by atoms with Crippen molar-refractivity contribution >= 4 is 0 Å². The largest absolute Gasteiger partial charge is 0.351 e. The van der Waals surface area contributed by atoms with Gasteiger partial charge in [0.05, 0.1) is 0 Å². The van der Waals surface area contributed by atoms with E-state index in [0.29, 0.717) is 6.04 Å². The van der Waals surface area contributed by atoms with Crippen LogP contribution in [0.5, 0.6) is 0 Å². The van der Waals surface area contributed by atoms with Gasteiger partial charge in [0.15, 0.2) is 0 Å². The van der Waals surface area contributed by atoms with Crippen LogP contribution in [0.2, 0.25) is 0 Å². The van der Waals surface area contributed by atoms with Gasteiger partial charge >= 0.3 is 0 Å². The summed E-state index contributed by atoms with van der Waals surface area (Å²) in [5.41, 5.74) is 9.07. The lowest BCUT2D eigenvalue weighted by molar-refractivity contribution is 0.273. The van der Waals surface area contributed by atoms with E-state index in [4.69, 9.17) is 5.73 Å². The highest BCUT2D eigenvalue weighted by molar-refractivity contribution is 5.28. The molecule has 2 aliphatic rings. The van der Waals surface area contributed by atoms with Crippen molar-refractivity contribution in [1.82, 2.24) is 4.57 Å². The molecule has 0 saturated heterocycles. The van der Waals surface area contributed by atoms with E-state index >= 15 is 0 Å². The summed E-state index contributed by atoms with van der Waals surface area (Å²) in [6, 6.07) is 2.55. The number of hydrogen-bond donors (Lipinski definition) is 1. The highest BCUT2D eigenvalue weighted by atomic mass is 15.0. The van der Waals surface area contributed by atoms with E-state index in [1.807, 2.05) is 0 Å². The second kappa shape index (κ2) is 3.67. The second-order valence-electron chi connectivity index (χ2n) is 5.17. The predicted molar refractivity (Wildman–Crippen MR) is 61.6 cm³/mol. The first kappa shape index (κ1) is 9.46. The van der Waals surface area contributed by atoms with Crippen molar-refractivity contribution in [2.45, 2.75) is 51.1 Å². The van der Waals surface area contributed by atoms with E-state index in [2.05, 4.69) is 16.8 Å². The number of nitrogens with zero attached hydrogens (tertiary/aromatic N) is 1. The average molecular weight is 204 g/mol. The molecule has 0 bridgehead atoms. The molecular formula is C13H20N2. The van der Waals surface area contributed by atoms with Crippen LogP contribution in [-0.2, 0) is 13.0 Å². The highest BCUT2D eigenvalue weighted by Gasteiger charge is 2.23. The van der Waals surface area contributed by atoms with Crippen LogP contribution in [0.4, 0.5) is 0 Å².